The second kappa shape index (κ2) is 10.6. The second-order valence-electron chi connectivity index (χ2n) is 8.94. The van der Waals surface area contributed by atoms with Crippen molar-refractivity contribution in [2.45, 2.75) is 45.4 Å². The molecule has 1 aliphatic rings. The molecule has 1 aromatic heterocycles. The van der Waals surface area contributed by atoms with E-state index in [4.69, 9.17) is 21.1 Å². The van der Waals surface area contributed by atoms with Crippen LogP contribution in [-0.2, 0) is 13.1 Å². The highest BCUT2D eigenvalue weighted by Gasteiger charge is 2.33. The monoisotopic (exact) mass is 469 g/mol. The Labute approximate surface area is 200 Å². The first-order valence-corrected chi connectivity index (χ1v) is 11.8. The van der Waals surface area contributed by atoms with Crippen LogP contribution in [0.25, 0.3) is 0 Å². The Morgan fingerprint density at radius 3 is 2.48 bits per heavy atom. The molecule has 2 aromatic carbocycles. The summed E-state index contributed by atoms with van der Waals surface area (Å²) in [5.74, 6) is 1.50. The van der Waals surface area contributed by atoms with Gasteiger partial charge in [0, 0.05) is 25.8 Å². The maximum atomic E-state index is 11.0. The highest BCUT2D eigenvalue weighted by Crippen LogP contribution is 2.29. The molecule has 2 heterocycles. The molecule has 0 unspecified atom stereocenters. The second-order valence-corrected chi connectivity index (χ2v) is 9.34. The molecular weight excluding hydrogens is 438 g/mol. The molecule has 1 fully saturated rings. The van der Waals surface area contributed by atoms with E-state index in [-0.39, 0.29) is 6.61 Å². The maximum Gasteiger partial charge on any atom is 0.138 e. The zero-order chi connectivity index (χ0) is 23.3. The van der Waals surface area contributed by atoms with Crippen LogP contribution in [0.1, 0.15) is 29.7 Å². The van der Waals surface area contributed by atoms with Crippen molar-refractivity contribution in [1.29, 1.82) is 0 Å². The third-order valence-electron chi connectivity index (χ3n) is 6.06. The Balaban J connectivity index is 1.20. The summed E-state index contributed by atoms with van der Waals surface area (Å²) in [6.45, 7) is 8.05. The number of benzene rings is 2. The molecule has 0 radical (unpaired) electrons. The lowest BCUT2D eigenvalue weighted by molar-refractivity contribution is -0.0537. The number of aryl methyl sites for hydroxylation is 2. The summed E-state index contributed by atoms with van der Waals surface area (Å²) in [5, 5.41) is 15.9. The van der Waals surface area contributed by atoms with E-state index >= 15 is 0 Å². The number of piperidine rings is 1. The summed E-state index contributed by atoms with van der Waals surface area (Å²) in [6.07, 6.45) is 3.31. The van der Waals surface area contributed by atoms with Gasteiger partial charge >= 0.3 is 0 Å². The van der Waals surface area contributed by atoms with Crippen LogP contribution in [0.2, 0.25) is 5.02 Å². The van der Waals surface area contributed by atoms with Gasteiger partial charge in [-0.1, -0.05) is 29.8 Å². The number of hydrogen-bond acceptors (Lipinski definition) is 5. The fourth-order valence-electron chi connectivity index (χ4n) is 4.00. The van der Waals surface area contributed by atoms with E-state index in [0.29, 0.717) is 30.2 Å². The van der Waals surface area contributed by atoms with E-state index in [9.17, 15) is 5.11 Å². The standard InChI is InChI=1S/C26H32ClN3O3/c1-20-3-8-24(27)25(17-20)33-19-26(31)10-13-29(14-11-26)18-22-4-6-23(7-5-22)32-16-15-30-12-9-21(2)28-30/h3-9,12,17,31H,10-11,13-16,18-19H2,1-2H3. The molecule has 0 atom stereocenters. The fraction of sp³-hybridized carbons (Fsp3) is 0.423. The van der Waals surface area contributed by atoms with Gasteiger partial charge in [-0.05, 0) is 68.1 Å². The first kappa shape index (κ1) is 23.6. The number of aromatic nitrogens is 2. The van der Waals surface area contributed by atoms with E-state index in [1.807, 2.05) is 61.1 Å². The minimum absolute atomic E-state index is 0.258. The van der Waals surface area contributed by atoms with Crippen molar-refractivity contribution in [2.75, 3.05) is 26.3 Å². The van der Waals surface area contributed by atoms with Crippen molar-refractivity contribution < 1.29 is 14.6 Å². The normalized spacial score (nSPS) is 16.0. The average molecular weight is 470 g/mol. The van der Waals surface area contributed by atoms with Gasteiger partial charge in [0.15, 0.2) is 0 Å². The Morgan fingerprint density at radius 2 is 1.79 bits per heavy atom. The summed E-state index contributed by atoms with van der Waals surface area (Å²) in [4.78, 5) is 2.37. The van der Waals surface area contributed by atoms with E-state index in [0.717, 1.165) is 43.2 Å². The molecule has 0 saturated carbocycles. The van der Waals surface area contributed by atoms with Gasteiger partial charge in [0.2, 0.25) is 0 Å². The van der Waals surface area contributed by atoms with E-state index in [1.165, 1.54) is 5.56 Å². The van der Waals surface area contributed by atoms with Gasteiger partial charge in [0.05, 0.1) is 17.3 Å². The molecule has 0 spiro atoms. The summed E-state index contributed by atoms with van der Waals surface area (Å²) >= 11 is 6.21. The zero-order valence-electron chi connectivity index (χ0n) is 19.3. The molecule has 0 amide bonds. The molecule has 3 aromatic rings. The lowest BCUT2D eigenvalue weighted by Gasteiger charge is -2.38. The predicted octanol–water partition coefficient (Wildman–Crippen LogP) is 4.64. The van der Waals surface area contributed by atoms with E-state index < -0.39 is 5.60 Å². The molecule has 176 valence electrons. The predicted molar refractivity (Wildman–Crippen MR) is 130 cm³/mol. The lowest BCUT2D eigenvalue weighted by atomic mass is 9.92. The largest absolute Gasteiger partial charge is 0.492 e. The smallest absolute Gasteiger partial charge is 0.138 e. The molecule has 1 saturated heterocycles. The van der Waals surface area contributed by atoms with Crippen molar-refractivity contribution >= 4 is 11.6 Å². The number of likely N-dealkylation sites (tertiary alicyclic amines) is 1. The van der Waals surface area contributed by atoms with Gasteiger partial charge in [-0.15, -0.1) is 0 Å². The average Bonchev–Trinajstić information content (AvgIpc) is 3.22. The molecule has 4 rings (SSSR count). The van der Waals surface area contributed by atoms with Gasteiger partial charge in [0.1, 0.15) is 30.3 Å². The number of rotatable bonds is 9. The number of ether oxygens (including phenoxy) is 2. The first-order chi connectivity index (χ1) is 15.9. The van der Waals surface area contributed by atoms with Crippen LogP contribution in [0.3, 0.4) is 0 Å². The Kier molecular flexibility index (Phi) is 7.58. The number of aliphatic hydroxyl groups is 1. The topological polar surface area (TPSA) is 59.8 Å². The summed E-state index contributed by atoms with van der Waals surface area (Å²) in [5.41, 5.74) is 2.51. The quantitative estimate of drug-likeness (QED) is 0.494. The summed E-state index contributed by atoms with van der Waals surface area (Å²) < 4.78 is 13.6. The minimum Gasteiger partial charge on any atom is -0.492 e. The Bertz CT molecular complexity index is 1040. The van der Waals surface area contributed by atoms with Gasteiger partial charge in [-0.2, -0.15) is 5.10 Å². The molecule has 0 bridgehead atoms. The van der Waals surface area contributed by atoms with Gasteiger partial charge in [0.25, 0.3) is 0 Å². The molecule has 6 nitrogen and oxygen atoms in total. The van der Waals surface area contributed by atoms with Crippen molar-refractivity contribution in [1.82, 2.24) is 14.7 Å². The molecular formula is C26H32ClN3O3. The molecule has 1 N–H and O–H groups in total. The van der Waals surface area contributed by atoms with Crippen molar-refractivity contribution in [3.8, 4) is 11.5 Å². The fourth-order valence-corrected chi connectivity index (χ4v) is 4.17. The van der Waals surface area contributed by atoms with Crippen LogP contribution in [0.4, 0.5) is 0 Å². The van der Waals surface area contributed by atoms with E-state index in [1.54, 1.807) is 0 Å². The highest BCUT2D eigenvalue weighted by molar-refractivity contribution is 6.32. The van der Waals surface area contributed by atoms with E-state index in [2.05, 4.69) is 22.1 Å². The first-order valence-electron chi connectivity index (χ1n) is 11.4. The summed E-state index contributed by atoms with van der Waals surface area (Å²) in [6, 6.07) is 15.9. The molecule has 7 heteroatoms. The SMILES string of the molecule is Cc1ccc(Cl)c(OCC2(O)CCN(Cc3ccc(OCCn4ccc(C)n4)cc3)CC2)c1. The van der Waals surface area contributed by atoms with Crippen molar-refractivity contribution in [3.63, 3.8) is 0 Å². The highest BCUT2D eigenvalue weighted by atomic mass is 35.5. The van der Waals surface area contributed by atoms with Crippen molar-refractivity contribution in [2.24, 2.45) is 0 Å². The minimum atomic E-state index is -0.825. The summed E-state index contributed by atoms with van der Waals surface area (Å²) in [7, 11) is 0. The van der Waals surface area contributed by atoms with Crippen molar-refractivity contribution in [3.05, 3.63) is 76.6 Å². The third-order valence-corrected chi connectivity index (χ3v) is 6.37. The number of halogens is 1. The van der Waals surface area contributed by atoms with Gasteiger partial charge in [-0.25, -0.2) is 0 Å². The Hall–Kier alpha value is -2.54. The third kappa shape index (κ3) is 6.73. The van der Waals surface area contributed by atoms with Gasteiger partial charge in [-0.3, -0.25) is 9.58 Å². The molecule has 0 aliphatic carbocycles. The van der Waals surface area contributed by atoms with Crippen LogP contribution in [-0.4, -0.2) is 51.7 Å². The molecule has 1 aliphatic heterocycles. The van der Waals surface area contributed by atoms with Crippen LogP contribution in [0, 0.1) is 13.8 Å². The van der Waals surface area contributed by atoms with Gasteiger partial charge < -0.3 is 14.6 Å². The Morgan fingerprint density at radius 1 is 1.03 bits per heavy atom. The maximum absolute atomic E-state index is 11.0. The van der Waals surface area contributed by atoms with Crippen LogP contribution < -0.4 is 9.47 Å². The van der Waals surface area contributed by atoms with Crippen LogP contribution in [0.15, 0.2) is 54.7 Å². The number of hydrogen-bond donors (Lipinski definition) is 1. The van der Waals surface area contributed by atoms with Crippen LogP contribution >= 0.6 is 11.6 Å². The lowest BCUT2D eigenvalue weighted by Crippen LogP contribution is -2.47. The van der Waals surface area contributed by atoms with Crippen LogP contribution in [0.5, 0.6) is 11.5 Å². The zero-order valence-corrected chi connectivity index (χ0v) is 20.1. The molecule has 33 heavy (non-hydrogen) atoms. The number of nitrogens with zero attached hydrogens (tertiary/aromatic N) is 3.